The fourth-order valence-corrected chi connectivity index (χ4v) is 2.92. The van der Waals surface area contributed by atoms with Gasteiger partial charge in [-0.3, -0.25) is 4.79 Å². The van der Waals surface area contributed by atoms with Crippen LogP contribution < -0.4 is 5.56 Å². The Labute approximate surface area is 152 Å². The zero-order chi connectivity index (χ0) is 19.0. The highest BCUT2D eigenvalue weighted by Crippen LogP contribution is 2.32. The molecule has 1 N–H and O–H groups in total. The molecule has 1 aromatic heterocycles. The van der Waals surface area contributed by atoms with E-state index in [1.807, 2.05) is 0 Å². The standard InChI is InChI=1S/C21H13F3N2O/c22-21(23,24)16-5-3-4-15(12-16)13-8-10-14(11-9-13)19-25-18-7-2-1-6-17(18)20(27)26-19/h1-12H,(H,25,26,27). The SMILES string of the molecule is O=c1[nH]c(-c2ccc(-c3cccc(C(F)(F)F)c3)cc2)nc2ccccc12. The number of fused-ring (bicyclic) bond motifs is 1. The van der Waals surface area contributed by atoms with Gasteiger partial charge in [-0.2, -0.15) is 13.2 Å². The first-order valence-electron chi connectivity index (χ1n) is 8.19. The van der Waals surface area contributed by atoms with Crippen LogP contribution in [0, 0.1) is 0 Å². The smallest absolute Gasteiger partial charge is 0.306 e. The predicted molar refractivity (Wildman–Crippen MR) is 98.2 cm³/mol. The lowest BCUT2D eigenvalue weighted by molar-refractivity contribution is -0.137. The second kappa shape index (κ2) is 6.39. The zero-order valence-corrected chi connectivity index (χ0v) is 13.9. The van der Waals surface area contributed by atoms with Crippen molar-refractivity contribution in [1.82, 2.24) is 9.97 Å². The first kappa shape index (κ1) is 17.0. The molecule has 0 aliphatic carbocycles. The van der Waals surface area contributed by atoms with Crippen LogP contribution in [-0.4, -0.2) is 9.97 Å². The Balaban J connectivity index is 1.72. The molecule has 0 saturated carbocycles. The van der Waals surface area contributed by atoms with E-state index in [0.717, 1.165) is 12.1 Å². The van der Waals surface area contributed by atoms with Gasteiger partial charge in [-0.15, -0.1) is 0 Å². The maximum absolute atomic E-state index is 12.9. The fraction of sp³-hybridized carbons (Fsp3) is 0.0476. The van der Waals surface area contributed by atoms with Crippen LogP contribution in [0.2, 0.25) is 0 Å². The van der Waals surface area contributed by atoms with Crippen LogP contribution in [0.25, 0.3) is 33.4 Å². The monoisotopic (exact) mass is 366 g/mol. The lowest BCUT2D eigenvalue weighted by atomic mass is 10.0. The number of nitrogens with zero attached hydrogens (tertiary/aromatic N) is 1. The minimum atomic E-state index is -4.38. The molecule has 0 fully saturated rings. The van der Waals surface area contributed by atoms with E-state index < -0.39 is 11.7 Å². The first-order chi connectivity index (χ1) is 12.9. The maximum Gasteiger partial charge on any atom is 0.416 e. The van der Waals surface area contributed by atoms with Crippen LogP contribution in [0.3, 0.4) is 0 Å². The Morgan fingerprint density at radius 1 is 0.778 bits per heavy atom. The molecular formula is C21H13F3N2O. The number of alkyl halides is 3. The number of aromatic amines is 1. The van der Waals surface area contributed by atoms with Crippen LogP contribution in [0.5, 0.6) is 0 Å². The molecule has 0 amide bonds. The van der Waals surface area contributed by atoms with Crippen LogP contribution in [-0.2, 0) is 6.18 Å². The molecule has 134 valence electrons. The quantitative estimate of drug-likeness (QED) is 0.525. The van der Waals surface area contributed by atoms with Crippen molar-refractivity contribution in [1.29, 1.82) is 0 Å². The molecular weight excluding hydrogens is 353 g/mol. The Morgan fingerprint density at radius 3 is 2.22 bits per heavy atom. The summed E-state index contributed by atoms with van der Waals surface area (Å²) in [6, 6.07) is 19.1. The number of aromatic nitrogens is 2. The molecule has 0 bridgehead atoms. The number of hydrogen-bond donors (Lipinski definition) is 1. The molecule has 0 radical (unpaired) electrons. The Bertz CT molecular complexity index is 1180. The largest absolute Gasteiger partial charge is 0.416 e. The molecule has 27 heavy (non-hydrogen) atoms. The van der Waals surface area contributed by atoms with Gasteiger partial charge in [0.15, 0.2) is 0 Å². The molecule has 3 aromatic carbocycles. The van der Waals surface area contributed by atoms with Gasteiger partial charge in [0.05, 0.1) is 16.5 Å². The van der Waals surface area contributed by atoms with Gasteiger partial charge < -0.3 is 4.98 Å². The molecule has 3 nitrogen and oxygen atoms in total. The van der Waals surface area contributed by atoms with Crippen molar-refractivity contribution in [2.45, 2.75) is 6.18 Å². The third-order valence-corrected chi connectivity index (χ3v) is 4.29. The molecule has 0 atom stereocenters. The van der Waals surface area contributed by atoms with Gasteiger partial charge in [0.1, 0.15) is 5.82 Å². The summed E-state index contributed by atoms with van der Waals surface area (Å²) in [5, 5.41) is 0.502. The highest BCUT2D eigenvalue weighted by Gasteiger charge is 2.30. The van der Waals surface area contributed by atoms with Gasteiger partial charge in [-0.25, -0.2) is 4.98 Å². The maximum atomic E-state index is 12.9. The van der Waals surface area contributed by atoms with Crippen molar-refractivity contribution in [2.75, 3.05) is 0 Å². The van der Waals surface area contributed by atoms with Crippen molar-refractivity contribution in [2.24, 2.45) is 0 Å². The van der Waals surface area contributed by atoms with Gasteiger partial charge in [-0.1, -0.05) is 48.5 Å². The molecule has 0 aliphatic heterocycles. The van der Waals surface area contributed by atoms with E-state index in [-0.39, 0.29) is 5.56 Å². The summed E-state index contributed by atoms with van der Waals surface area (Å²) in [7, 11) is 0. The molecule has 0 saturated heterocycles. The second-order valence-corrected chi connectivity index (χ2v) is 6.09. The average Bonchev–Trinajstić information content (AvgIpc) is 2.67. The van der Waals surface area contributed by atoms with E-state index in [1.54, 1.807) is 54.6 Å². The summed E-state index contributed by atoms with van der Waals surface area (Å²) in [6.07, 6.45) is -4.38. The molecule has 0 spiro atoms. The number of rotatable bonds is 2. The van der Waals surface area contributed by atoms with E-state index in [2.05, 4.69) is 9.97 Å². The third kappa shape index (κ3) is 3.33. The van der Waals surface area contributed by atoms with Gasteiger partial charge in [-0.05, 0) is 35.4 Å². The van der Waals surface area contributed by atoms with Crippen molar-refractivity contribution >= 4 is 10.9 Å². The number of nitrogens with one attached hydrogen (secondary N) is 1. The molecule has 6 heteroatoms. The summed E-state index contributed by atoms with van der Waals surface area (Å²) >= 11 is 0. The average molecular weight is 366 g/mol. The van der Waals surface area contributed by atoms with Crippen molar-refractivity contribution in [3.8, 4) is 22.5 Å². The lowest BCUT2D eigenvalue weighted by Gasteiger charge is -2.09. The van der Waals surface area contributed by atoms with E-state index in [9.17, 15) is 18.0 Å². The number of H-pyrrole nitrogens is 1. The van der Waals surface area contributed by atoms with Gasteiger partial charge in [0.2, 0.25) is 0 Å². The lowest BCUT2D eigenvalue weighted by Crippen LogP contribution is -2.09. The molecule has 4 aromatic rings. The minimum Gasteiger partial charge on any atom is -0.306 e. The second-order valence-electron chi connectivity index (χ2n) is 6.09. The topological polar surface area (TPSA) is 45.8 Å². The molecule has 0 unspecified atom stereocenters. The van der Waals surface area contributed by atoms with E-state index in [0.29, 0.717) is 33.4 Å². The Morgan fingerprint density at radius 2 is 1.48 bits per heavy atom. The summed E-state index contributed by atoms with van der Waals surface area (Å²) in [5.41, 5.74) is 1.44. The fourth-order valence-electron chi connectivity index (χ4n) is 2.92. The molecule has 4 rings (SSSR count). The van der Waals surface area contributed by atoms with E-state index in [4.69, 9.17) is 0 Å². The van der Waals surface area contributed by atoms with Crippen molar-refractivity contribution in [3.05, 3.63) is 88.7 Å². The first-order valence-corrected chi connectivity index (χ1v) is 8.19. The summed E-state index contributed by atoms with van der Waals surface area (Å²) in [6.45, 7) is 0. The van der Waals surface area contributed by atoms with Crippen LogP contribution >= 0.6 is 0 Å². The number of para-hydroxylation sites is 1. The number of benzene rings is 3. The van der Waals surface area contributed by atoms with Crippen molar-refractivity contribution in [3.63, 3.8) is 0 Å². The van der Waals surface area contributed by atoms with Crippen LogP contribution in [0.15, 0.2) is 77.6 Å². The van der Waals surface area contributed by atoms with Crippen molar-refractivity contribution < 1.29 is 13.2 Å². The van der Waals surface area contributed by atoms with Gasteiger partial charge in [0, 0.05) is 5.56 Å². The third-order valence-electron chi connectivity index (χ3n) is 4.29. The Hall–Kier alpha value is -3.41. The summed E-state index contributed by atoms with van der Waals surface area (Å²) < 4.78 is 38.7. The highest BCUT2D eigenvalue weighted by atomic mass is 19.4. The highest BCUT2D eigenvalue weighted by molar-refractivity contribution is 5.79. The normalized spacial score (nSPS) is 11.7. The zero-order valence-electron chi connectivity index (χ0n) is 13.9. The van der Waals surface area contributed by atoms with E-state index >= 15 is 0 Å². The molecule has 0 aliphatic rings. The van der Waals surface area contributed by atoms with E-state index in [1.165, 1.54) is 6.07 Å². The van der Waals surface area contributed by atoms with Crippen LogP contribution in [0.1, 0.15) is 5.56 Å². The summed E-state index contributed by atoms with van der Waals surface area (Å²) in [4.78, 5) is 19.4. The number of halogens is 3. The predicted octanol–water partition coefficient (Wildman–Crippen LogP) is 5.28. The summed E-state index contributed by atoms with van der Waals surface area (Å²) in [5.74, 6) is 0.411. The van der Waals surface area contributed by atoms with Gasteiger partial charge >= 0.3 is 6.18 Å². The number of hydrogen-bond acceptors (Lipinski definition) is 2. The molecule has 1 heterocycles. The Kier molecular flexibility index (Phi) is 4.03. The van der Waals surface area contributed by atoms with Crippen LogP contribution in [0.4, 0.5) is 13.2 Å². The van der Waals surface area contributed by atoms with Gasteiger partial charge in [0.25, 0.3) is 5.56 Å². The minimum absolute atomic E-state index is 0.238.